The number of hydrogen-bond acceptors (Lipinski definition) is 3. The van der Waals surface area contributed by atoms with Crippen LogP contribution in [0.2, 0.25) is 0 Å². The molecule has 0 spiro atoms. The van der Waals surface area contributed by atoms with Gasteiger partial charge in [-0.15, -0.1) is 0 Å². The Bertz CT molecular complexity index is 858. The molecule has 2 saturated heterocycles. The molecule has 4 rings (SSSR count). The molecule has 0 aliphatic carbocycles. The second-order valence-corrected chi connectivity index (χ2v) is 8.29. The molecular formula is C25H30N2O3. The van der Waals surface area contributed by atoms with E-state index in [1.165, 1.54) is 5.56 Å². The van der Waals surface area contributed by atoms with Crippen LogP contribution in [0.4, 0.5) is 5.69 Å². The van der Waals surface area contributed by atoms with Gasteiger partial charge in [-0.05, 0) is 61.9 Å². The van der Waals surface area contributed by atoms with Gasteiger partial charge >= 0.3 is 0 Å². The van der Waals surface area contributed by atoms with Crippen molar-refractivity contribution in [2.75, 3.05) is 31.1 Å². The first-order valence-corrected chi connectivity index (χ1v) is 11.0. The lowest BCUT2D eigenvalue weighted by Gasteiger charge is -2.33. The minimum absolute atomic E-state index is 0.0245. The smallest absolute Gasteiger partial charge is 0.228 e. The number of carbonyl (C=O) groups excluding carboxylic acids is 2. The molecule has 2 heterocycles. The Morgan fingerprint density at radius 2 is 1.73 bits per heavy atom. The van der Waals surface area contributed by atoms with Crippen molar-refractivity contribution in [1.82, 2.24) is 4.90 Å². The summed E-state index contributed by atoms with van der Waals surface area (Å²) in [5.41, 5.74) is 2.20. The number of piperidine rings is 1. The molecule has 0 aromatic heterocycles. The second-order valence-electron chi connectivity index (χ2n) is 8.29. The van der Waals surface area contributed by atoms with E-state index < -0.39 is 0 Å². The van der Waals surface area contributed by atoms with E-state index in [0.717, 1.165) is 43.8 Å². The van der Waals surface area contributed by atoms with E-state index in [-0.39, 0.29) is 17.7 Å². The van der Waals surface area contributed by atoms with Crippen molar-refractivity contribution in [3.8, 4) is 5.75 Å². The lowest BCUT2D eigenvalue weighted by molar-refractivity contribution is -0.137. The highest BCUT2D eigenvalue weighted by molar-refractivity contribution is 6.00. The normalized spacial score (nSPS) is 19.9. The van der Waals surface area contributed by atoms with Gasteiger partial charge in [0.1, 0.15) is 5.75 Å². The fourth-order valence-corrected chi connectivity index (χ4v) is 4.57. The molecule has 0 N–H and O–H groups in total. The maximum atomic E-state index is 13.1. The molecule has 30 heavy (non-hydrogen) atoms. The Balaban J connectivity index is 1.30. The Hall–Kier alpha value is -2.82. The quantitative estimate of drug-likeness (QED) is 0.731. The van der Waals surface area contributed by atoms with Gasteiger partial charge in [0.15, 0.2) is 0 Å². The van der Waals surface area contributed by atoms with Crippen molar-refractivity contribution in [3.05, 3.63) is 60.2 Å². The number of benzene rings is 2. The van der Waals surface area contributed by atoms with E-state index in [9.17, 15) is 9.59 Å². The first-order valence-electron chi connectivity index (χ1n) is 11.0. The Morgan fingerprint density at radius 3 is 2.40 bits per heavy atom. The molecule has 2 aliphatic rings. The van der Waals surface area contributed by atoms with Gasteiger partial charge in [-0.2, -0.15) is 0 Å². The summed E-state index contributed by atoms with van der Waals surface area (Å²) in [7, 11) is 0. The number of nitrogens with zero attached hydrogens (tertiary/aromatic N) is 2. The Morgan fingerprint density at radius 1 is 1.03 bits per heavy atom. The van der Waals surface area contributed by atoms with Crippen LogP contribution in [0.1, 0.15) is 31.7 Å². The number of ether oxygens (including phenoxy) is 1. The van der Waals surface area contributed by atoms with Crippen LogP contribution >= 0.6 is 0 Å². The molecule has 2 amide bonds. The van der Waals surface area contributed by atoms with E-state index in [0.29, 0.717) is 25.5 Å². The van der Waals surface area contributed by atoms with Crippen LogP contribution in [-0.4, -0.2) is 43.0 Å². The number of rotatable bonds is 6. The highest BCUT2D eigenvalue weighted by atomic mass is 16.5. The average molecular weight is 407 g/mol. The molecule has 2 fully saturated rings. The number of likely N-dealkylation sites (tertiary alicyclic amines) is 1. The van der Waals surface area contributed by atoms with Crippen LogP contribution in [0.5, 0.6) is 5.75 Å². The van der Waals surface area contributed by atoms with Crippen molar-refractivity contribution >= 4 is 17.5 Å². The zero-order chi connectivity index (χ0) is 20.9. The SMILES string of the molecule is CCOc1ccc(N2CC(C(=O)N3CCC(Cc4ccccc4)CC3)CC2=O)cc1. The third kappa shape index (κ3) is 4.66. The predicted molar refractivity (Wildman–Crippen MR) is 118 cm³/mol. The summed E-state index contributed by atoms with van der Waals surface area (Å²) in [5.74, 6) is 1.34. The van der Waals surface area contributed by atoms with Gasteiger partial charge in [0.05, 0.1) is 12.5 Å². The molecular weight excluding hydrogens is 376 g/mol. The van der Waals surface area contributed by atoms with Gasteiger partial charge in [0, 0.05) is 31.7 Å². The topological polar surface area (TPSA) is 49.9 Å². The van der Waals surface area contributed by atoms with Crippen molar-refractivity contribution in [3.63, 3.8) is 0 Å². The minimum atomic E-state index is -0.241. The summed E-state index contributed by atoms with van der Waals surface area (Å²) < 4.78 is 5.47. The van der Waals surface area contributed by atoms with Crippen LogP contribution in [0.25, 0.3) is 0 Å². The zero-order valence-corrected chi connectivity index (χ0v) is 17.6. The minimum Gasteiger partial charge on any atom is -0.494 e. The van der Waals surface area contributed by atoms with E-state index >= 15 is 0 Å². The Kier molecular flexibility index (Phi) is 6.36. The number of carbonyl (C=O) groups is 2. The fourth-order valence-electron chi connectivity index (χ4n) is 4.57. The van der Waals surface area contributed by atoms with Crippen LogP contribution < -0.4 is 9.64 Å². The molecule has 0 bridgehead atoms. The maximum Gasteiger partial charge on any atom is 0.228 e. The molecule has 2 aliphatic heterocycles. The third-order valence-electron chi connectivity index (χ3n) is 6.23. The summed E-state index contributed by atoms with van der Waals surface area (Å²) >= 11 is 0. The van der Waals surface area contributed by atoms with E-state index in [1.54, 1.807) is 4.90 Å². The van der Waals surface area contributed by atoms with Gasteiger partial charge in [0.2, 0.25) is 11.8 Å². The standard InChI is InChI=1S/C25H30N2O3/c1-2-30-23-10-8-22(9-11-23)27-18-21(17-24(27)28)25(29)26-14-12-20(13-15-26)16-19-6-4-3-5-7-19/h3-11,20-21H,2,12-18H2,1H3. The van der Waals surface area contributed by atoms with Crippen molar-refractivity contribution in [1.29, 1.82) is 0 Å². The summed E-state index contributed by atoms with van der Waals surface area (Å²) in [6.07, 6.45) is 3.44. The Labute approximate surface area is 178 Å². The third-order valence-corrected chi connectivity index (χ3v) is 6.23. The predicted octanol–water partition coefficient (Wildman–Crippen LogP) is 3.92. The summed E-state index contributed by atoms with van der Waals surface area (Å²) in [5, 5.41) is 0. The fraction of sp³-hybridized carbons (Fsp3) is 0.440. The van der Waals surface area contributed by atoms with Gasteiger partial charge in [-0.3, -0.25) is 9.59 Å². The lowest BCUT2D eigenvalue weighted by atomic mass is 9.89. The van der Waals surface area contributed by atoms with E-state index in [1.807, 2.05) is 42.2 Å². The molecule has 0 radical (unpaired) electrons. The molecule has 1 unspecified atom stereocenters. The zero-order valence-electron chi connectivity index (χ0n) is 17.6. The van der Waals surface area contributed by atoms with Crippen molar-refractivity contribution < 1.29 is 14.3 Å². The van der Waals surface area contributed by atoms with Crippen molar-refractivity contribution in [2.24, 2.45) is 11.8 Å². The molecule has 5 nitrogen and oxygen atoms in total. The van der Waals surface area contributed by atoms with Gasteiger partial charge in [0.25, 0.3) is 0 Å². The number of anilines is 1. The molecule has 1 atom stereocenters. The first kappa shape index (κ1) is 20.5. The molecule has 0 saturated carbocycles. The number of amides is 2. The first-order chi connectivity index (χ1) is 14.6. The summed E-state index contributed by atoms with van der Waals surface area (Å²) in [4.78, 5) is 29.3. The van der Waals surface area contributed by atoms with Crippen LogP contribution in [-0.2, 0) is 16.0 Å². The maximum absolute atomic E-state index is 13.1. The molecule has 158 valence electrons. The number of hydrogen-bond donors (Lipinski definition) is 0. The monoisotopic (exact) mass is 406 g/mol. The molecule has 2 aromatic carbocycles. The van der Waals surface area contributed by atoms with Crippen LogP contribution in [0.3, 0.4) is 0 Å². The lowest BCUT2D eigenvalue weighted by Crippen LogP contribution is -2.42. The highest BCUT2D eigenvalue weighted by Gasteiger charge is 2.38. The molecule has 2 aromatic rings. The van der Waals surface area contributed by atoms with Gasteiger partial charge in [-0.25, -0.2) is 0 Å². The van der Waals surface area contributed by atoms with Crippen LogP contribution in [0, 0.1) is 11.8 Å². The summed E-state index contributed by atoms with van der Waals surface area (Å²) in [6.45, 7) is 4.61. The largest absolute Gasteiger partial charge is 0.494 e. The van der Waals surface area contributed by atoms with Crippen molar-refractivity contribution in [2.45, 2.75) is 32.6 Å². The second kappa shape index (κ2) is 9.33. The van der Waals surface area contributed by atoms with Gasteiger partial charge < -0.3 is 14.5 Å². The average Bonchev–Trinajstić information content (AvgIpc) is 3.17. The molecule has 5 heteroatoms. The van der Waals surface area contributed by atoms with Gasteiger partial charge in [-0.1, -0.05) is 30.3 Å². The summed E-state index contributed by atoms with van der Waals surface area (Å²) in [6, 6.07) is 18.1. The highest BCUT2D eigenvalue weighted by Crippen LogP contribution is 2.29. The van der Waals surface area contributed by atoms with E-state index in [2.05, 4.69) is 24.3 Å². The van der Waals surface area contributed by atoms with E-state index in [4.69, 9.17) is 4.74 Å². The van der Waals surface area contributed by atoms with Crippen LogP contribution in [0.15, 0.2) is 54.6 Å².